The van der Waals surface area contributed by atoms with E-state index in [0.29, 0.717) is 24.7 Å². The molecule has 7 heteroatoms. The normalized spacial score (nSPS) is 13.9. The first-order valence-corrected chi connectivity index (χ1v) is 6.17. The number of carbonyl (C=O) groups is 2. The van der Waals surface area contributed by atoms with Gasteiger partial charge in [-0.05, 0) is 25.8 Å². The van der Waals surface area contributed by atoms with Gasteiger partial charge in [-0.15, -0.1) is 0 Å². The first-order chi connectivity index (χ1) is 9.04. The molecular weight excluding hydrogens is 248 g/mol. The summed E-state index contributed by atoms with van der Waals surface area (Å²) >= 11 is 0. The third kappa shape index (κ3) is 4.20. The maximum atomic E-state index is 11.4. The summed E-state index contributed by atoms with van der Waals surface area (Å²) in [5, 5.41) is 14.6. The Balaban J connectivity index is 1.84. The zero-order valence-corrected chi connectivity index (χ0v) is 10.6. The molecule has 0 spiro atoms. The van der Waals surface area contributed by atoms with Crippen LogP contribution in [0.25, 0.3) is 0 Å². The molecule has 1 saturated carbocycles. The number of carboxylic acids is 1. The van der Waals surface area contributed by atoms with Crippen LogP contribution in [0.15, 0.2) is 6.07 Å². The Morgan fingerprint density at radius 2 is 2.16 bits per heavy atom. The molecule has 1 aromatic rings. The number of nitrogens with zero attached hydrogens (tertiary/aromatic N) is 2. The minimum Gasteiger partial charge on any atom is -0.477 e. The number of carbonyl (C=O) groups excluding carboxylic acids is 1. The van der Waals surface area contributed by atoms with E-state index in [4.69, 9.17) is 5.11 Å². The molecule has 7 nitrogen and oxygen atoms in total. The van der Waals surface area contributed by atoms with E-state index in [2.05, 4.69) is 20.6 Å². The van der Waals surface area contributed by atoms with E-state index in [1.807, 2.05) is 0 Å². The Morgan fingerprint density at radius 1 is 1.42 bits per heavy atom. The van der Waals surface area contributed by atoms with Crippen molar-refractivity contribution in [1.29, 1.82) is 0 Å². The molecule has 0 atom stereocenters. The minimum absolute atomic E-state index is 0.0129. The quantitative estimate of drug-likeness (QED) is 0.693. The predicted octanol–water partition coefficient (Wildman–Crippen LogP) is 0.564. The van der Waals surface area contributed by atoms with Gasteiger partial charge in [0.2, 0.25) is 11.9 Å². The van der Waals surface area contributed by atoms with Gasteiger partial charge >= 0.3 is 5.97 Å². The smallest absolute Gasteiger partial charge is 0.354 e. The van der Waals surface area contributed by atoms with Gasteiger partial charge in [-0.1, -0.05) is 0 Å². The molecule has 0 aliphatic heterocycles. The molecule has 1 aliphatic rings. The summed E-state index contributed by atoms with van der Waals surface area (Å²) in [6.45, 7) is 2.07. The molecule has 102 valence electrons. The van der Waals surface area contributed by atoms with Gasteiger partial charge in [0.15, 0.2) is 5.69 Å². The number of carboxylic acid groups (broad SMARTS) is 1. The van der Waals surface area contributed by atoms with Crippen LogP contribution in [0, 0.1) is 6.92 Å². The van der Waals surface area contributed by atoms with E-state index in [1.165, 1.54) is 6.07 Å². The summed E-state index contributed by atoms with van der Waals surface area (Å²) in [7, 11) is 0. The summed E-state index contributed by atoms with van der Waals surface area (Å²) in [4.78, 5) is 30.2. The van der Waals surface area contributed by atoms with Crippen molar-refractivity contribution in [2.45, 2.75) is 32.2 Å². The van der Waals surface area contributed by atoms with Crippen LogP contribution in [-0.4, -0.2) is 39.5 Å². The molecule has 2 rings (SSSR count). The number of hydrogen-bond donors (Lipinski definition) is 3. The molecule has 0 saturated heterocycles. The van der Waals surface area contributed by atoms with Crippen molar-refractivity contribution in [3.05, 3.63) is 17.5 Å². The molecule has 0 unspecified atom stereocenters. The highest BCUT2D eigenvalue weighted by Gasteiger charge is 2.22. The number of aromatic nitrogens is 2. The molecule has 1 fully saturated rings. The van der Waals surface area contributed by atoms with Crippen LogP contribution in [0.3, 0.4) is 0 Å². The molecular formula is C12H16N4O3. The van der Waals surface area contributed by atoms with Gasteiger partial charge in [0.05, 0.1) is 0 Å². The first kappa shape index (κ1) is 13.3. The minimum atomic E-state index is -1.10. The number of rotatable bonds is 6. The molecule has 0 aromatic carbocycles. The lowest BCUT2D eigenvalue weighted by atomic mass is 10.3. The van der Waals surface area contributed by atoms with Crippen LogP contribution < -0.4 is 10.6 Å². The highest BCUT2D eigenvalue weighted by molar-refractivity contribution is 5.85. The number of amides is 1. The van der Waals surface area contributed by atoms with E-state index in [1.54, 1.807) is 6.92 Å². The standard InChI is InChI=1S/C12H16N4O3/c1-7-6-9(11(18)19)16-12(14-7)13-5-4-10(17)15-8-2-3-8/h6,8H,2-5H2,1H3,(H,15,17)(H,18,19)(H,13,14,16). The fourth-order valence-corrected chi connectivity index (χ4v) is 1.57. The summed E-state index contributed by atoms with van der Waals surface area (Å²) < 4.78 is 0. The molecule has 1 heterocycles. The lowest BCUT2D eigenvalue weighted by Gasteiger charge is -2.07. The maximum Gasteiger partial charge on any atom is 0.354 e. The summed E-state index contributed by atoms with van der Waals surface area (Å²) in [5.41, 5.74) is 0.509. The van der Waals surface area contributed by atoms with Gasteiger partial charge < -0.3 is 15.7 Å². The second-order valence-electron chi connectivity index (χ2n) is 4.54. The molecule has 3 N–H and O–H groups in total. The van der Waals surface area contributed by atoms with Crippen LogP contribution in [0.2, 0.25) is 0 Å². The van der Waals surface area contributed by atoms with E-state index < -0.39 is 5.97 Å². The highest BCUT2D eigenvalue weighted by Crippen LogP contribution is 2.18. The average molecular weight is 264 g/mol. The van der Waals surface area contributed by atoms with Crippen LogP contribution in [0.5, 0.6) is 0 Å². The van der Waals surface area contributed by atoms with E-state index in [-0.39, 0.29) is 17.5 Å². The Labute approximate surface area is 110 Å². The lowest BCUT2D eigenvalue weighted by Crippen LogP contribution is -2.27. The topological polar surface area (TPSA) is 104 Å². The van der Waals surface area contributed by atoms with Crippen molar-refractivity contribution in [3.8, 4) is 0 Å². The number of anilines is 1. The van der Waals surface area contributed by atoms with Crippen molar-refractivity contribution < 1.29 is 14.7 Å². The number of aryl methyl sites for hydroxylation is 1. The van der Waals surface area contributed by atoms with Crippen molar-refractivity contribution in [3.63, 3.8) is 0 Å². The van der Waals surface area contributed by atoms with E-state index >= 15 is 0 Å². The summed E-state index contributed by atoms with van der Waals surface area (Å²) in [6.07, 6.45) is 2.43. The third-order valence-electron chi connectivity index (χ3n) is 2.65. The number of hydrogen-bond acceptors (Lipinski definition) is 5. The number of nitrogens with one attached hydrogen (secondary N) is 2. The van der Waals surface area contributed by atoms with Crippen molar-refractivity contribution in [1.82, 2.24) is 15.3 Å². The van der Waals surface area contributed by atoms with Crippen LogP contribution >= 0.6 is 0 Å². The average Bonchev–Trinajstić information content (AvgIpc) is 3.12. The van der Waals surface area contributed by atoms with Crippen LogP contribution in [-0.2, 0) is 4.79 Å². The predicted molar refractivity (Wildman–Crippen MR) is 68.0 cm³/mol. The molecule has 19 heavy (non-hydrogen) atoms. The van der Waals surface area contributed by atoms with Gasteiger partial charge in [0, 0.05) is 24.7 Å². The fraction of sp³-hybridized carbons (Fsp3) is 0.500. The lowest BCUT2D eigenvalue weighted by molar-refractivity contribution is -0.120. The SMILES string of the molecule is Cc1cc(C(=O)O)nc(NCCC(=O)NC2CC2)n1. The van der Waals surface area contributed by atoms with Gasteiger partial charge in [0.25, 0.3) is 0 Å². The Bertz CT molecular complexity index is 500. The Morgan fingerprint density at radius 3 is 2.79 bits per heavy atom. The van der Waals surface area contributed by atoms with Gasteiger partial charge in [-0.2, -0.15) is 0 Å². The van der Waals surface area contributed by atoms with Gasteiger partial charge in [0.1, 0.15) is 0 Å². The summed E-state index contributed by atoms with van der Waals surface area (Å²) in [6, 6.07) is 1.74. The maximum absolute atomic E-state index is 11.4. The van der Waals surface area contributed by atoms with Crippen LogP contribution in [0.4, 0.5) is 5.95 Å². The van der Waals surface area contributed by atoms with Crippen molar-refractivity contribution >= 4 is 17.8 Å². The zero-order valence-electron chi connectivity index (χ0n) is 10.6. The monoisotopic (exact) mass is 264 g/mol. The second-order valence-corrected chi connectivity index (χ2v) is 4.54. The summed E-state index contributed by atoms with van der Waals surface area (Å²) in [5.74, 6) is -0.877. The third-order valence-corrected chi connectivity index (χ3v) is 2.65. The zero-order chi connectivity index (χ0) is 13.8. The van der Waals surface area contributed by atoms with Gasteiger partial charge in [-0.3, -0.25) is 4.79 Å². The molecule has 1 amide bonds. The Hall–Kier alpha value is -2.18. The second kappa shape index (κ2) is 5.64. The molecule has 0 radical (unpaired) electrons. The number of aromatic carboxylic acids is 1. The van der Waals surface area contributed by atoms with E-state index in [0.717, 1.165) is 12.8 Å². The largest absolute Gasteiger partial charge is 0.477 e. The fourth-order valence-electron chi connectivity index (χ4n) is 1.57. The van der Waals surface area contributed by atoms with Crippen LogP contribution in [0.1, 0.15) is 35.4 Å². The van der Waals surface area contributed by atoms with E-state index in [9.17, 15) is 9.59 Å². The van der Waals surface area contributed by atoms with Crippen molar-refractivity contribution in [2.75, 3.05) is 11.9 Å². The molecule has 1 aliphatic carbocycles. The first-order valence-electron chi connectivity index (χ1n) is 6.17. The highest BCUT2D eigenvalue weighted by atomic mass is 16.4. The Kier molecular flexibility index (Phi) is 3.94. The van der Waals surface area contributed by atoms with Crippen molar-refractivity contribution in [2.24, 2.45) is 0 Å². The molecule has 0 bridgehead atoms. The molecule has 1 aromatic heterocycles. The van der Waals surface area contributed by atoms with Gasteiger partial charge in [-0.25, -0.2) is 14.8 Å².